The molecule has 1 N–H and O–H groups in total. The van der Waals surface area contributed by atoms with Crippen molar-refractivity contribution in [1.29, 1.82) is 0 Å². The molecule has 1 atom stereocenters. The smallest absolute Gasteiger partial charge is 0.220 e. The Balaban J connectivity index is 2.43. The summed E-state index contributed by atoms with van der Waals surface area (Å²) in [7, 11) is 0. The van der Waals surface area contributed by atoms with Crippen molar-refractivity contribution in [2.75, 3.05) is 6.54 Å². The van der Waals surface area contributed by atoms with Crippen molar-refractivity contribution in [3.05, 3.63) is 12.7 Å². The molecule has 1 unspecified atom stereocenters. The Morgan fingerprint density at radius 3 is 3.14 bits per heavy atom. The lowest BCUT2D eigenvalue weighted by atomic mass is 9.93. The molecule has 1 amide bonds. The summed E-state index contributed by atoms with van der Waals surface area (Å²) in [5.74, 6) is 0.166. The first-order chi connectivity index (χ1) is 6.74. The third-order valence-corrected chi connectivity index (χ3v) is 2.53. The molecule has 3 nitrogen and oxygen atoms in total. The van der Waals surface area contributed by atoms with Gasteiger partial charge in [0.2, 0.25) is 5.91 Å². The Hall–Kier alpha value is -1.12. The van der Waals surface area contributed by atoms with E-state index in [2.05, 4.69) is 11.9 Å². The third-order valence-electron chi connectivity index (χ3n) is 2.53. The molecule has 78 valence electrons. The fraction of sp³-hybridized carbons (Fsp3) is 0.636. The lowest BCUT2D eigenvalue weighted by Crippen LogP contribution is -2.24. The summed E-state index contributed by atoms with van der Waals surface area (Å²) in [6.45, 7) is 4.29. The van der Waals surface area contributed by atoms with E-state index >= 15 is 0 Å². The number of amides is 1. The van der Waals surface area contributed by atoms with E-state index in [-0.39, 0.29) is 17.6 Å². The molecule has 0 aliphatic carbocycles. The van der Waals surface area contributed by atoms with Gasteiger partial charge in [0.15, 0.2) is 0 Å². The summed E-state index contributed by atoms with van der Waals surface area (Å²) >= 11 is 0. The normalized spacial score (nSPS) is 22.3. The molecule has 0 aromatic rings. The highest BCUT2D eigenvalue weighted by Crippen LogP contribution is 2.17. The minimum Gasteiger partial charge on any atom is -0.356 e. The van der Waals surface area contributed by atoms with Gasteiger partial charge in [-0.3, -0.25) is 9.59 Å². The van der Waals surface area contributed by atoms with E-state index in [9.17, 15) is 9.59 Å². The van der Waals surface area contributed by atoms with Crippen molar-refractivity contribution in [3.8, 4) is 0 Å². The van der Waals surface area contributed by atoms with Crippen LogP contribution in [-0.2, 0) is 9.59 Å². The SMILES string of the molecule is C=CCCC(=O)C1CCCNC(=O)C1. The lowest BCUT2D eigenvalue weighted by molar-refractivity contribution is -0.128. The topological polar surface area (TPSA) is 46.2 Å². The number of allylic oxidation sites excluding steroid dienone is 1. The van der Waals surface area contributed by atoms with Crippen LogP contribution >= 0.6 is 0 Å². The molecule has 0 aromatic heterocycles. The van der Waals surface area contributed by atoms with Crippen molar-refractivity contribution >= 4 is 11.7 Å². The highest BCUT2D eigenvalue weighted by atomic mass is 16.2. The van der Waals surface area contributed by atoms with Gasteiger partial charge >= 0.3 is 0 Å². The second-order valence-electron chi connectivity index (χ2n) is 3.69. The van der Waals surface area contributed by atoms with E-state index in [1.54, 1.807) is 6.08 Å². The lowest BCUT2D eigenvalue weighted by Gasteiger charge is -2.10. The number of hydrogen-bond donors (Lipinski definition) is 1. The number of rotatable bonds is 4. The molecule has 0 bridgehead atoms. The van der Waals surface area contributed by atoms with Crippen molar-refractivity contribution in [3.63, 3.8) is 0 Å². The van der Waals surface area contributed by atoms with Gasteiger partial charge in [-0.2, -0.15) is 0 Å². The van der Waals surface area contributed by atoms with E-state index in [0.717, 1.165) is 19.3 Å². The van der Waals surface area contributed by atoms with Crippen molar-refractivity contribution in [2.45, 2.75) is 32.1 Å². The van der Waals surface area contributed by atoms with Gasteiger partial charge in [-0.25, -0.2) is 0 Å². The van der Waals surface area contributed by atoms with Gasteiger partial charge in [0, 0.05) is 25.3 Å². The molecular formula is C11H17NO2. The number of Topliss-reactive ketones (excluding diaryl/α,β-unsaturated/α-hetero) is 1. The second kappa shape index (κ2) is 5.58. The molecule has 1 aliphatic heterocycles. The Morgan fingerprint density at radius 1 is 1.64 bits per heavy atom. The van der Waals surface area contributed by atoms with Crippen LogP contribution in [0.25, 0.3) is 0 Å². The van der Waals surface area contributed by atoms with Gasteiger partial charge in [-0.05, 0) is 19.3 Å². The minimum absolute atomic E-state index is 0.0134. The molecule has 1 rings (SSSR count). The number of ketones is 1. The van der Waals surface area contributed by atoms with Crippen molar-refractivity contribution in [2.24, 2.45) is 5.92 Å². The predicted molar refractivity (Wildman–Crippen MR) is 54.8 cm³/mol. The van der Waals surface area contributed by atoms with Gasteiger partial charge in [0.1, 0.15) is 5.78 Å². The van der Waals surface area contributed by atoms with E-state index in [0.29, 0.717) is 19.4 Å². The number of carbonyl (C=O) groups excluding carboxylic acids is 2. The number of nitrogens with one attached hydrogen (secondary N) is 1. The summed E-state index contributed by atoms with van der Waals surface area (Å²) in [4.78, 5) is 22.8. The summed E-state index contributed by atoms with van der Waals surface area (Å²) < 4.78 is 0. The zero-order valence-corrected chi connectivity index (χ0v) is 8.42. The maximum Gasteiger partial charge on any atom is 0.220 e. The summed E-state index contributed by atoms with van der Waals surface area (Å²) in [5, 5.41) is 2.77. The van der Waals surface area contributed by atoms with Crippen LogP contribution in [0, 0.1) is 5.92 Å². The molecule has 0 spiro atoms. The second-order valence-corrected chi connectivity index (χ2v) is 3.69. The van der Waals surface area contributed by atoms with Gasteiger partial charge in [-0.15, -0.1) is 6.58 Å². The first kappa shape index (κ1) is 11.0. The third kappa shape index (κ3) is 3.32. The van der Waals surface area contributed by atoms with Crippen molar-refractivity contribution in [1.82, 2.24) is 5.32 Å². The zero-order chi connectivity index (χ0) is 10.4. The van der Waals surface area contributed by atoms with Gasteiger partial charge in [0.05, 0.1) is 0 Å². The fourth-order valence-electron chi connectivity index (χ4n) is 1.70. The molecule has 0 saturated carbocycles. The zero-order valence-electron chi connectivity index (χ0n) is 8.42. The van der Waals surface area contributed by atoms with Crippen LogP contribution in [0.15, 0.2) is 12.7 Å². The maximum atomic E-state index is 11.6. The monoisotopic (exact) mass is 195 g/mol. The minimum atomic E-state index is -0.0579. The molecule has 1 aliphatic rings. The summed E-state index contributed by atoms with van der Waals surface area (Å²) in [6.07, 6.45) is 5.12. The summed E-state index contributed by atoms with van der Waals surface area (Å²) in [6, 6.07) is 0. The van der Waals surface area contributed by atoms with Crippen LogP contribution in [0.5, 0.6) is 0 Å². The highest BCUT2D eigenvalue weighted by molar-refractivity contribution is 5.87. The average Bonchev–Trinajstić information content (AvgIpc) is 2.39. The first-order valence-corrected chi connectivity index (χ1v) is 5.14. The van der Waals surface area contributed by atoms with Crippen LogP contribution in [0.4, 0.5) is 0 Å². The van der Waals surface area contributed by atoms with Crippen LogP contribution < -0.4 is 5.32 Å². The quantitative estimate of drug-likeness (QED) is 0.690. The van der Waals surface area contributed by atoms with Gasteiger partial charge < -0.3 is 5.32 Å². The summed E-state index contributed by atoms with van der Waals surface area (Å²) in [5.41, 5.74) is 0. The van der Waals surface area contributed by atoms with E-state index in [1.807, 2.05) is 0 Å². The Kier molecular flexibility index (Phi) is 4.36. The molecule has 3 heteroatoms. The van der Waals surface area contributed by atoms with E-state index < -0.39 is 0 Å². The molecule has 1 fully saturated rings. The van der Waals surface area contributed by atoms with E-state index in [4.69, 9.17) is 0 Å². The highest BCUT2D eigenvalue weighted by Gasteiger charge is 2.22. The molecule has 0 radical (unpaired) electrons. The molecule has 1 heterocycles. The van der Waals surface area contributed by atoms with Crippen LogP contribution in [-0.4, -0.2) is 18.2 Å². The number of hydrogen-bond acceptors (Lipinski definition) is 2. The average molecular weight is 195 g/mol. The van der Waals surface area contributed by atoms with Crippen LogP contribution in [0.2, 0.25) is 0 Å². The molecular weight excluding hydrogens is 178 g/mol. The maximum absolute atomic E-state index is 11.6. The van der Waals surface area contributed by atoms with Crippen LogP contribution in [0.3, 0.4) is 0 Å². The van der Waals surface area contributed by atoms with E-state index in [1.165, 1.54) is 0 Å². The standard InChI is InChI=1S/C11H17NO2/c1-2-3-6-10(13)9-5-4-7-12-11(14)8-9/h2,9H,1,3-8H2,(H,12,14). The fourth-order valence-corrected chi connectivity index (χ4v) is 1.70. The van der Waals surface area contributed by atoms with Gasteiger partial charge in [0.25, 0.3) is 0 Å². The Morgan fingerprint density at radius 2 is 2.43 bits per heavy atom. The first-order valence-electron chi connectivity index (χ1n) is 5.14. The largest absolute Gasteiger partial charge is 0.356 e. The molecule has 0 aromatic carbocycles. The number of carbonyl (C=O) groups is 2. The Bertz CT molecular complexity index is 235. The molecule has 1 saturated heterocycles. The Labute approximate surface area is 84.6 Å². The van der Waals surface area contributed by atoms with Crippen LogP contribution in [0.1, 0.15) is 32.1 Å². The van der Waals surface area contributed by atoms with Crippen molar-refractivity contribution < 1.29 is 9.59 Å². The van der Waals surface area contributed by atoms with Gasteiger partial charge in [-0.1, -0.05) is 6.08 Å². The predicted octanol–water partition coefficient (Wildman–Crippen LogP) is 1.44. The molecule has 14 heavy (non-hydrogen) atoms.